The molecule has 0 N–H and O–H groups in total. The number of furan rings is 2. The molecule has 0 radical (unpaired) electrons. The Bertz CT molecular complexity index is 7750. The van der Waals surface area contributed by atoms with Crippen molar-refractivity contribution >= 4 is 206 Å². The highest BCUT2D eigenvalue weighted by Gasteiger charge is 2.27. The zero-order valence-electron chi connectivity index (χ0n) is 59.1. The van der Waals surface area contributed by atoms with Crippen LogP contribution in [0.1, 0.15) is 49.7 Å². The summed E-state index contributed by atoms with van der Waals surface area (Å²) in [6, 6.07) is 104. The highest BCUT2D eigenvalue weighted by Crippen LogP contribution is 2.52. The average Bonchev–Trinajstić information content (AvgIpc) is 1.38. The summed E-state index contributed by atoms with van der Waals surface area (Å²) in [4.78, 5) is 0. The number of para-hydroxylation sites is 1. The first kappa shape index (κ1) is 61.6. The van der Waals surface area contributed by atoms with Gasteiger partial charge >= 0.3 is 0 Å². The minimum absolute atomic E-state index is 0.920. The van der Waals surface area contributed by atoms with E-state index in [0.29, 0.717) is 0 Å². The van der Waals surface area contributed by atoms with Crippen LogP contribution in [0.3, 0.4) is 0 Å². The van der Waals surface area contributed by atoms with E-state index in [4.69, 9.17) is 8.83 Å². The van der Waals surface area contributed by atoms with E-state index in [1.807, 2.05) is 22.7 Å². The van der Waals surface area contributed by atoms with Crippen LogP contribution in [-0.2, 0) is 0 Å². The van der Waals surface area contributed by atoms with Crippen molar-refractivity contribution in [1.29, 1.82) is 0 Å². The quantitative estimate of drug-likeness (QED) is 0.155. The van der Waals surface area contributed by atoms with Gasteiger partial charge in [0.15, 0.2) is 0 Å². The van der Waals surface area contributed by atoms with E-state index in [2.05, 4.69) is 328 Å². The van der Waals surface area contributed by atoms with Gasteiger partial charge in [-0.15, -0.1) is 22.7 Å². The maximum absolute atomic E-state index is 6.96. The van der Waals surface area contributed by atoms with Crippen LogP contribution in [0.5, 0.6) is 0 Å². The molecule has 24 rings (SSSR count). The number of allylic oxidation sites excluding steroid dienone is 8. The Morgan fingerprint density at radius 1 is 0.250 bits per heavy atom. The summed E-state index contributed by atoms with van der Waals surface area (Å²) < 4.78 is 18.7. The molecule has 0 amide bonds. The standard InChI is InChI=1S/C52H34OS.C52H32OS/c1-2-14-31(15-3-1)32-26-27-41(34-17-5-4-16-33(32)34)50-37-20-6-8-22-39(37)51(40-23-9-7-21-38(40)50)44-29-45-36-19-11-13-25-49(36)54-52(45)46-30-48-43(28-42(44)46)35-18-10-12-24-47(35)53-48;1-2-14-31(15-3-1)33-28-29-41(35-17-5-4-16-34(33)35)48-38-20-8-6-18-36(38)47(37-19-7-9-21-39(37)48)32-26-27-43-45(30-32)53-51-42-23-11-10-22-40(42)49-44-24-12-13-25-46(44)54-52(49)50(43)51/h1-2,4-6,8,10-14,16-30H,3,7,9,15H2;1-2,4-14,16-30H,3,15H2. The first-order chi connectivity index (χ1) is 53.6. The number of thiophene rings is 2. The van der Waals surface area contributed by atoms with Gasteiger partial charge in [0.25, 0.3) is 0 Å². The zero-order chi connectivity index (χ0) is 70.7. The molecule has 21 aromatic rings. The van der Waals surface area contributed by atoms with Gasteiger partial charge in [0, 0.05) is 72.7 Å². The summed E-state index contributed by atoms with van der Waals surface area (Å²) in [5.74, 6) is 0. The van der Waals surface area contributed by atoms with Crippen LogP contribution in [0.15, 0.2) is 324 Å². The van der Waals surface area contributed by atoms with Crippen LogP contribution in [0.2, 0.25) is 0 Å². The van der Waals surface area contributed by atoms with Crippen molar-refractivity contribution in [1.82, 2.24) is 0 Å². The predicted molar refractivity (Wildman–Crippen MR) is 468 cm³/mol. The number of benzene rings is 17. The Kier molecular flexibility index (Phi) is 13.9. The first-order valence-corrected chi connectivity index (χ1v) is 39.6. The Labute approximate surface area is 630 Å². The molecule has 17 aromatic carbocycles. The topological polar surface area (TPSA) is 26.3 Å². The van der Waals surface area contributed by atoms with E-state index in [1.54, 1.807) is 0 Å². The molecule has 0 saturated carbocycles. The average molecular weight is 1410 g/mol. The van der Waals surface area contributed by atoms with Gasteiger partial charge < -0.3 is 8.83 Å². The van der Waals surface area contributed by atoms with E-state index >= 15 is 0 Å². The van der Waals surface area contributed by atoms with Crippen LogP contribution in [0.4, 0.5) is 0 Å². The molecule has 108 heavy (non-hydrogen) atoms. The first-order valence-electron chi connectivity index (χ1n) is 37.9. The summed E-state index contributed by atoms with van der Waals surface area (Å²) in [6.45, 7) is 0. The lowest BCUT2D eigenvalue weighted by atomic mass is 9.82. The fourth-order valence-electron chi connectivity index (χ4n) is 19.0. The summed E-state index contributed by atoms with van der Waals surface area (Å²) in [5.41, 5.74) is 19.5. The van der Waals surface area contributed by atoms with Crippen LogP contribution >= 0.6 is 22.7 Å². The fourth-order valence-corrected chi connectivity index (χ4v) is 21.5. The lowest BCUT2D eigenvalue weighted by molar-refractivity contribution is 0.669. The highest BCUT2D eigenvalue weighted by molar-refractivity contribution is 7.27. The van der Waals surface area contributed by atoms with Crippen molar-refractivity contribution in [2.75, 3.05) is 0 Å². The second-order valence-electron chi connectivity index (χ2n) is 29.4. The van der Waals surface area contributed by atoms with Crippen LogP contribution in [-0.4, -0.2) is 0 Å². The molecule has 0 aliphatic heterocycles. The van der Waals surface area contributed by atoms with Gasteiger partial charge in [-0.3, -0.25) is 0 Å². The number of fused-ring (bicyclic) bond motifs is 24. The molecular weight excluding hydrogens is 1350 g/mol. The van der Waals surface area contributed by atoms with Crippen LogP contribution < -0.4 is 10.4 Å². The molecule has 3 aliphatic carbocycles. The molecule has 0 spiro atoms. The van der Waals surface area contributed by atoms with Gasteiger partial charge in [-0.2, -0.15) is 0 Å². The van der Waals surface area contributed by atoms with Crippen molar-refractivity contribution in [3.05, 3.63) is 337 Å². The Morgan fingerprint density at radius 3 is 1.31 bits per heavy atom. The molecule has 4 aromatic heterocycles. The maximum Gasteiger partial charge on any atom is 0.144 e. The van der Waals surface area contributed by atoms with Crippen molar-refractivity contribution in [2.45, 2.75) is 38.5 Å². The fraction of sp³-hybridized carbons (Fsp3) is 0.0577. The van der Waals surface area contributed by atoms with E-state index in [9.17, 15) is 0 Å². The minimum Gasteiger partial charge on any atom is -0.456 e. The highest BCUT2D eigenvalue weighted by atomic mass is 32.1. The minimum atomic E-state index is 0.920. The second-order valence-corrected chi connectivity index (χ2v) is 31.5. The Morgan fingerprint density at radius 2 is 0.704 bits per heavy atom. The normalized spacial score (nSPS) is 13.9. The van der Waals surface area contributed by atoms with E-state index in [-0.39, 0.29) is 0 Å². The second kappa shape index (κ2) is 24.4. The molecule has 0 bridgehead atoms. The third-order valence-corrected chi connectivity index (χ3v) is 26.1. The lowest BCUT2D eigenvalue weighted by Gasteiger charge is -2.21. The number of rotatable bonds is 6. The molecule has 2 nitrogen and oxygen atoms in total. The molecule has 0 fully saturated rings. The number of hydrogen-bond donors (Lipinski definition) is 0. The predicted octanol–water partition coefficient (Wildman–Crippen LogP) is 29.5. The molecule has 0 atom stereocenters. The van der Waals surface area contributed by atoms with Gasteiger partial charge in [-0.1, -0.05) is 279 Å². The Balaban J connectivity index is 0.000000130. The van der Waals surface area contributed by atoms with Gasteiger partial charge in [-0.05, 0) is 229 Å². The summed E-state index contributed by atoms with van der Waals surface area (Å²) >= 11 is 3.76. The van der Waals surface area contributed by atoms with E-state index in [1.165, 1.54) is 193 Å². The van der Waals surface area contributed by atoms with Crippen molar-refractivity contribution < 1.29 is 8.83 Å². The molecule has 3 aliphatic rings. The third kappa shape index (κ3) is 9.30. The molecule has 4 heterocycles. The Hall–Kier alpha value is -12.7. The largest absolute Gasteiger partial charge is 0.456 e. The zero-order valence-corrected chi connectivity index (χ0v) is 60.7. The molecular formula is C104H66O2S2. The van der Waals surface area contributed by atoms with Crippen LogP contribution in [0, 0.1) is 0 Å². The van der Waals surface area contributed by atoms with Crippen LogP contribution in [0.25, 0.3) is 227 Å². The molecule has 506 valence electrons. The third-order valence-electron chi connectivity index (χ3n) is 23.7. The van der Waals surface area contributed by atoms with Gasteiger partial charge in [-0.25, -0.2) is 0 Å². The summed E-state index contributed by atoms with van der Waals surface area (Å²) in [7, 11) is 0. The molecule has 4 heteroatoms. The van der Waals surface area contributed by atoms with Gasteiger partial charge in [0.2, 0.25) is 0 Å². The lowest BCUT2D eigenvalue weighted by Crippen LogP contribution is -2.31. The summed E-state index contributed by atoms with van der Waals surface area (Å²) in [5, 5.41) is 30.4. The number of hydrogen-bond acceptors (Lipinski definition) is 4. The van der Waals surface area contributed by atoms with E-state index < -0.39 is 0 Å². The smallest absolute Gasteiger partial charge is 0.144 e. The van der Waals surface area contributed by atoms with Gasteiger partial charge in [0.05, 0.1) is 0 Å². The monoisotopic (exact) mass is 1410 g/mol. The molecule has 0 saturated heterocycles. The van der Waals surface area contributed by atoms with E-state index in [0.717, 1.165) is 82.6 Å². The van der Waals surface area contributed by atoms with Crippen molar-refractivity contribution in [3.8, 4) is 44.5 Å². The van der Waals surface area contributed by atoms with Gasteiger partial charge in [0.1, 0.15) is 22.3 Å². The summed E-state index contributed by atoms with van der Waals surface area (Å²) in [6.07, 6.45) is 25.0. The maximum atomic E-state index is 6.96. The van der Waals surface area contributed by atoms with Crippen molar-refractivity contribution in [3.63, 3.8) is 0 Å². The SMILES string of the molecule is C1=CCCC(c2ccc(-c3c4c(c(-c5cc6c7ccccc7sc6c6cc7oc8ccccc8c7cc56)c5ccccc35)=CCCC=4)c3ccccc23)=C1.C1=CCCC(c2ccc(-c3c4ccccc4c(-c4ccc5c(c4)oc4c6ccccc6c6c7ccccc7sc6c54)c4ccccc34)c3ccccc23)=C1. The molecule has 0 unspecified atom stereocenters. The van der Waals surface area contributed by atoms with Crippen molar-refractivity contribution in [2.24, 2.45) is 0 Å².